The Hall–Kier alpha value is -1.15. The molecule has 0 radical (unpaired) electrons. The lowest BCUT2D eigenvalue weighted by molar-refractivity contribution is 0.397. The Morgan fingerprint density at radius 3 is 2.71 bits per heavy atom. The molecule has 4 nitrogen and oxygen atoms in total. The van der Waals surface area contributed by atoms with Crippen molar-refractivity contribution in [2.45, 2.75) is 0 Å². The Morgan fingerprint density at radius 1 is 1.35 bits per heavy atom. The third kappa shape index (κ3) is 3.67. The van der Waals surface area contributed by atoms with Crippen LogP contribution >= 0.6 is 35.3 Å². The maximum Gasteiger partial charge on any atom is 0.289 e. The lowest BCUT2D eigenvalue weighted by Gasteiger charge is -1.94. The number of thiazole rings is 1. The fourth-order valence-electron chi connectivity index (χ4n) is 1.20. The van der Waals surface area contributed by atoms with Crippen molar-refractivity contribution in [3.8, 4) is 11.3 Å². The predicted molar refractivity (Wildman–Crippen MR) is 81.3 cm³/mol. The van der Waals surface area contributed by atoms with Gasteiger partial charge in [-0.2, -0.15) is 4.99 Å². The van der Waals surface area contributed by atoms with E-state index in [9.17, 15) is 0 Å². The van der Waals surface area contributed by atoms with Gasteiger partial charge in [-0.05, 0) is 0 Å². The number of hydrogen-bond donors (Lipinski definition) is 1. The molecule has 0 unspecified atom stereocenters. The predicted octanol–water partition coefficient (Wildman–Crippen LogP) is 3.02. The first kappa shape index (κ1) is 13.9. The molecule has 6 heteroatoms. The van der Waals surface area contributed by atoms with Crippen molar-refractivity contribution in [3.63, 3.8) is 0 Å². The summed E-state index contributed by atoms with van der Waals surface area (Å²) in [5.41, 5.74) is 7.41. The third-order valence-electron chi connectivity index (χ3n) is 1.98. The number of aliphatic imine (C=N–C) groups is 1. The van der Waals surface area contributed by atoms with Crippen LogP contribution in [0.15, 0.2) is 40.7 Å². The molecule has 0 aliphatic heterocycles. The molecule has 0 fully saturated rings. The zero-order valence-corrected chi connectivity index (χ0v) is 12.3. The van der Waals surface area contributed by atoms with Crippen LogP contribution in [0.1, 0.15) is 0 Å². The van der Waals surface area contributed by atoms with Crippen LogP contribution in [0.4, 0.5) is 5.13 Å². The summed E-state index contributed by atoms with van der Waals surface area (Å²) in [7, 11) is 1.48. The summed E-state index contributed by atoms with van der Waals surface area (Å²) in [4.78, 5) is 8.34. The maximum atomic E-state index is 5.45. The van der Waals surface area contributed by atoms with Gasteiger partial charge in [0.25, 0.3) is 6.02 Å². The summed E-state index contributed by atoms with van der Waals surface area (Å²) in [6.45, 7) is 0. The van der Waals surface area contributed by atoms with Crippen LogP contribution in [0.3, 0.4) is 0 Å². The first-order chi connectivity index (χ1) is 7.79. The van der Waals surface area contributed by atoms with E-state index in [4.69, 9.17) is 10.5 Å². The molecule has 0 saturated carbocycles. The van der Waals surface area contributed by atoms with E-state index in [-0.39, 0.29) is 30.0 Å². The first-order valence-electron chi connectivity index (χ1n) is 4.68. The molecule has 1 heterocycles. The number of methoxy groups -OCH3 is 1. The molecule has 0 bridgehead atoms. The summed E-state index contributed by atoms with van der Waals surface area (Å²) in [5, 5.41) is 2.54. The molecule has 2 rings (SSSR count). The SMILES string of the molecule is COC(N)=Nc1nc(-c2ccccc2)cs1.I. The highest BCUT2D eigenvalue weighted by atomic mass is 127. The van der Waals surface area contributed by atoms with Gasteiger partial charge in [0.1, 0.15) is 0 Å². The van der Waals surface area contributed by atoms with E-state index in [1.54, 1.807) is 0 Å². The standard InChI is InChI=1S/C11H11N3OS.HI/c1-15-10(12)14-11-13-9(7-16-11)8-5-3-2-4-6-8;/h2-7H,1H3,(H2,12,13,14);1H. The van der Waals surface area contributed by atoms with Crippen molar-refractivity contribution in [2.24, 2.45) is 10.7 Å². The topological polar surface area (TPSA) is 60.5 Å². The lowest BCUT2D eigenvalue weighted by Crippen LogP contribution is -2.12. The largest absolute Gasteiger partial charge is 0.468 e. The van der Waals surface area contributed by atoms with Gasteiger partial charge < -0.3 is 10.5 Å². The average molecular weight is 361 g/mol. The molecule has 0 aliphatic rings. The van der Waals surface area contributed by atoms with Gasteiger partial charge in [0.2, 0.25) is 5.13 Å². The molecule has 0 amide bonds. The number of amidine groups is 1. The quantitative estimate of drug-likeness (QED) is 0.508. The van der Waals surface area contributed by atoms with Gasteiger partial charge >= 0.3 is 0 Å². The van der Waals surface area contributed by atoms with Crippen LogP contribution in [-0.4, -0.2) is 18.1 Å². The highest BCUT2D eigenvalue weighted by Gasteiger charge is 2.03. The highest BCUT2D eigenvalue weighted by molar-refractivity contribution is 14.0. The van der Waals surface area contributed by atoms with E-state index in [1.165, 1.54) is 18.4 Å². The monoisotopic (exact) mass is 361 g/mol. The number of nitrogens with zero attached hydrogens (tertiary/aromatic N) is 2. The fraction of sp³-hybridized carbons (Fsp3) is 0.0909. The van der Waals surface area contributed by atoms with Crippen LogP contribution in [0.2, 0.25) is 0 Å². The maximum absolute atomic E-state index is 5.45. The van der Waals surface area contributed by atoms with Crippen molar-refractivity contribution in [1.29, 1.82) is 0 Å². The van der Waals surface area contributed by atoms with Crippen molar-refractivity contribution in [1.82, 2.24) is 4.98 Å². The van der Waals surface area contributed by atoms with Gasteiger partial charge in [0.05, 0.1) is 12.8 Å². The number of rotatable bonds is 2. The van der Waals surface area contributed by atoms with Gasteiger partial charge in [-0.15, -0.1) is 35.3 Å². The second kappa shape index (κ2) is 6.55. The molecular weight excluding hydrogens is 349 g/mol. The molecule has 1 aromatic carbocycles. The highest BCUT2D eigenvalue weighted by Crippen LogP contribution is 2.26. The van der Waals surface area contributed by atoms with E-state index in [0.717, 1.165) is 11.3 Å². The number of halogens is 1. The van der Waals surface area contributed by atoms with Gasteiger partial charge in [-0.25, -0.2) is 4.98 Å². The number of ether oxygens (including phenoxy) is 1. The number of nitrogens with two attached hydrogens (primary N) is 1. The van der Waals surface area contributed by atoms with Crippen molar-refractivity contribution in [2.75, 3.05) is 7.11 Å². The van der Waals surface area contributed by atoms with Crippen LogP contribution in [0.25, 0.3) is 11.3 Å². The zero-order chi connectivity index (χ0) is 11.4. The number of aromatic nitrogens is 1. The summed E-state index contributed by atoms with van der Waals surface area (Å²) in [6.07, 6.45) is 0. The van der Waals surface area contributed by atoms with Gasteiger partial charge in [-0.3, -0.25) is 0 Å². The summed E-state index contributed by atoms with van der Waals surface area (Å²) < 4.78 is 4.76. The van der Waals surface area contributed by atoms with E-state index >= 15 is 0 Å². The number of hydrogen-bond acceptors (Lipinski definition) is 4. The van der Waals surface area contributed by atoms with E-state index < -0.39 is 0 Å². The smallest absolute Gasteiger partial charge is 0.289 e. The Balaban J connectivity index is 0.00000144. The molecule has 2 N–H and O–H groups in total. The average Bonchev–Trinajstić information content (AvgIpc) is 2.78. The second-order valence-corrected chi connectivity index (χ2v) is 3.87. The fourth-order valence-corrected chi connectivity index (χ4v) is 1.90. The lowest BCUT2D eigenvalue weighted by atomic mass is 10.2. The van der Waals surface area contributed by atoms with Crippen LogP contribution in [0.5, 0.6) is 0 Å². The molecule has 0 spiro atoms. The van der Waals surface area contributed by atoms with Crippen molar-refractivity contribution < 1.29 is 4.74 Å². The number of benzene rings is 1. The van der Waals surface area contributed by atoms with Crippen LogP contribution in [0, 0.1) is 0 Å². The van der Waals surface area contributed by atoms with E-state index in [1.807, 2.05) is 35.7 Å². The molecule has 2 aromatic rings. The van der Waals surface area contributed by atoms with E-state index in [2.05, 4.69) is 9.98 Å². The molecule has 0 aliphatic carbocycles. The molecule has 0 saturated heterocycles. The Kier molecular flexibility index (Phi) is 5.36. The first-order valence-corrected chi connectivity index (χ1v) is 5.56. The Bertz CT molecular complexity index is 498. The molecule has 0 atom stereocenters. The van der Waals surface area contributed by atoms with Gasteiger partial charge in [-0.1, -0.05) is 30.3 Å². The van der Waals surface area contributed by atoms with Gasteiger partial charge in [0, 0.05) is 10.9 Å². The van der Waals surface area contributed by atoms with Crippen LogP contribution in [-0.2, 0) is 4.74 Å². The van der Waals surface area contributed by atoms with E-state index in [0.29, 0.717) is 5.13 Å². The Labute approximate surface area is 121 Å². The minimum Gasteiger partial charge on any atom is -0.468 e. The zero-order valence-electron chi connectivity index (χ0n) is 9.16. The van der Waals surface area contributed by atoms with Gasteiger partial charge in [0.15, 0.2) is 0 Å². The minimum atomic E-state index is 0. The summed E-state index contributed by atoms with van der Waals surface area (Å²) in [5.74, 6) is 0. The minimum absolute atomic E-state index is 0. The van der Waals surface area contributed by atoms with Crippen molar-refractivity contribution >= 4 is 46.5 Å². The Morgan fingerprint density at radius 2 is 2.06 bits per heavy atom. The summed E-state index contributed by atoms with van der Waals surface area (Å²) >= 11 is 1.43. The molecule has 90 valence electrons. The molecular formula is C11H12IN3OS. The summed E-state index contributed by atoms with van der Waals surface area (Å²) in [6, 6.07) is 10.0. The molecule has 17 heavy (non-hydrogen) atoms. The normalized spacial score (nSPS) is 10.8. The van der Waals surface area contributed by atoms with Crippen LogP contribution < -0.4 is 5.73 Å². The molecule has 1 aromatic heterocycles. The second-order valence-electron chi connectivity index (χ2n) is 3.04. The van der Waals surface area contributed by atoms with Crippen molar-refractivity contribution in [3.05, 3.63) is 35.7 Å². The third-order valence-corrected chi connectivity index (χ3v) is 2.71.